The number of fused-ring (bicyclic) bond motifs is 1. The largest absolute Gasteiger partial charge is 0.422 e. The summed E-state index contributed by atoms with van der Waals surface area (Å²) in [7, 11) is 0. The van der Waals surface area contributed by atoms with E-state index in [1.807, 2.05) is 12.1 Å². The summed E-state index contributed by atoms with van der Waals surface area (Å²) in [4.78, 5) is 27.0. The molecule has 1 fully saturated rings. The molecule has 2 heterocycles. The van der Waals surface area contributed by atoms with Gasteiger partial charge in [-0.15, -0.1) is 0 Å². The van der Waals surface area contributed by atoms with Gasteiger partial charge in [-0.25, -0.2) is 4.79 Å². The van der Waals surface area contributed by atoms with Crippen molar-refractivity contribution < 1.29 is 9.21 Å². The Bertz CT molecular complexity index is 1050. The van der Waals surface area contributed by atoms with Crippen molar-refractivity contribution in [2.75, 3.05) is 24.5 Å². The van der Waals surface area contributed by atoms with Gasteiger partial charge in [-0.1, -0.05) is 43.2 Å². The monoisotopic (exact) mass is 404 g/mol. The smallest absolute Gasteiger partial charge is 0.349 e. The van der Waals surface area contributed by atoms with Crippen molar-refractivity contribution in [3.8, 4) is 0 Å². The van der Waals surface area contributed by atoms with Crippen LogP contribution < -0.4 is 15.8 Å². The number of hydrogen-bond donors (Lipinski definition) is 1. The molecule has 0 spiro atoms. The van der Waals surface area contributed by atoms with Crippen molar-refractivity contribution in [2.45, 2.75) is 38.5 Å². The van der Waals surface area contributed by atoms with Crippen LogP contribution in [0.1, 0.15) is 48.0 Å². The third-order valence-corrected chi connectivity index (χ3v) is 5.72. The van der Waals surface area contributed by atoms with Crippen LogP contribution in [-0.4, -0.2) is 25.5 Å². The fraction of sp³-hybridized carbons (Fsp3) is 0.360. The minimum Gasteiger partial charge on any atom is -0.422 e. The Kier molecular flexibility index (Phi) is 6.47. The molecule has 5 heteroatoms. The van der Waals surface area contributed by atoms with Crippen LogP contribution in [0.15, 0.2) is 63.8 Å². The zero-order chi connectivity index (χ0) is 20.8. The summed E-state index contributed by atoms with van der Waals surface area (Å²) in [5.41, 5.74) is 2.50. The molecule has 1 aromatic heterocycles. The molecule has 156 valence electrons. The number of amides is 1. The highest BCUT2D eigenvalue weighted by molar-refractivity contribution is 5.96. The van der Waals surface area contributed by atoms with E-state index in [2.05, 4.69) is 34.5 Å². The van der Waals surface area contributed by atoms with E-state index in [0.29, 0.717) is 12.1 Å². The van der Waals surface area contributed by atoms with Crippen LogP contribution in [0.25, 0.3) is 11.0 Å². The van der Waals surface area contributed by atoms with Gasteiger partial charge < -0.3 is 14.6 Å². The van der Waals surface area contributed by atoms with E-state index < -0.39 is 5.63 Å². The van der Waals surface area contributed by atoms with Gasteiger partial charge in [0.05, 0.1) is 0 Å². The molecule has 3 aromatic rings. The second-order valence-corrected chi connectivity index (χ2v) is 7.91. The summed E-state index contributed by atoms with van der Waals surface area (Å²) < 4.78 is 5.24. The number of benzene rings is 2. The maximum Gasteiger partial charge on any atom is 0.349 e. The average molecular weight is 405 g/mol. The Balaban J connectivity index is 1.28. The number of nitrogens with one attached hydrogen (secondary N) is 1. The number of carbonyl (C=O) groups is 1. The molecule has 1 amide bonds. The Morgan fingerprint density at radius 2 is 1.70 bits per heavy atom. The number of anilines is 1. The van der Waals surface area contributed by atoms with Crippen molar-refractivity contribution >= 4 is 22.6 Å². The highest BCUT2D eigenvalue weighted by Gasteiger charge is 2.13. The maximum absolute atomic E-state index is 12.4. The van der Waals surface area contributed by atoms with Crippen LogP contribution in [0.4, 0.5) is 5.69 Å². The molecule has 1 N–H and O–H groups in total. The predicted molar refractivity (Wildman–Crippen MR) is 120 cm³/mol. The highest BCUT2D eigenvalue weighted by atomic mass is 16.4. The summed E-state index contributed by atoms with van der Waals surface area (Å²) in [6.07, 6.45) is 6.91. The lowest BCUT2D eigenvalue weighted by Crippen LogP contribution is -2.29. The quantitative estimate of drug-likeness (QED) is 0.484. The minimum absolute atomic E-state index is 0.0514. The van der Waals surface area contributed by atoms with Crippen molar-refractivity contribution in [3.05, 3.63) is 76.1 Å². The van der Waals surface area contributed by atoms with Crippen LogP contribution in [0, 0.1) is 0 Å². The lowest BCUT2D eigenvalue weighted by atomic mass is 10.1. The lowest BCUT2D eigenvalue weighted by Gasteiger charge is -2.22. The van der Waals surface area contributed by atoms with Gasteiger partial charge in [0.25, 0.3) is 5.91 Å². The summed E-state index contributed by atoms with van der Waals surface area (Å²) in [6.45, 7) is 2.81. The molecule has 0 aliphatic carbocycles. The fourth-order valence-corrected chi connectivity index (χ4v) is 4.01. The summed E-state index contributed by atoms with van der Waals surface area (Å²) in [5, 5.41) is 3.58. The predicted octanol–water partition coefficient (Wildman–Crippen LogP) is 4.54. The number of aryl methyl sites for hydroxylation is 1. The minimum atomic E-state index is -0.602. The Morgan fingerprint density at radius 3 is 2.47 bits per heavy atom. The molecule has 0 atom stereocenters. The number of rotatable bonds is 6. The molecule has 1 aliphatic heterocycles. The zero-order valence-electron chi connectivity index (χ0n) is 17.2. The van der Waals surface area contributed by atoms with Crippen LogP contribution >= 0.6 is 0 Å². The second-order valence-electron chi connectivity index (χ2n) is 7.91. The van der Waals surface area contributed by atoms with Crippen LogP contribution in [0.2, 0.25) is 0 Å². The van der Waals surface area contributed by atoms with Crippen LogP contribution in [0.5, 0.6) is 0 Å². The van der Waals surface area contributed by atoms with Crippen molar-refractivity contribution in [1.29, 1.82) is 0 Å². The first kappa shape index (κ1) is 20.2. The molecule has 0 unspecified atom stereocenters. The van der Waals surface area contributed by atoms with Crippen molar-refractivity contribution in [2.24, 2.45) is 0 Å². The molecule has 0 radical (unpaired) electrons. The van der Waals surface area contributed by atoms with Gasteiger partial charge in [0.2, 0.25) is 0 Å². The van der Waals surface area contributed by atoms with Gasteiger partial charge >= 0.3 is 5.63 Å². The van der Waals surface area contributed by atoms with E-state index in [1.165, 1.54) is 36.9 Å². The molecule has 5 nitrogen and oxygen atoms in total. The molecule has 1 saturated heterocycles. The zero-order valence-corrected chi connectivity index (χ0v) is 17.2. The van der Waals surface area contributed by atoms with E-state index in [0.717, 1.165) is 31.3 Å². The first-order chi connectivity index (χ1) is 14.7. The van der Waals surface area contributed by atoms with Gasteiger partial charge in [0.15, 0.2) is 0 Å². The van der Waals surface area contributed by atoms with Crippen molar-refractivity contribution in [1.82, 2.24) is 5.32 Å². The maximum atomic E-state index is 12.4. The summed E-state index contributed by atoms with van der Waals surface area (Å²) >= 11 is 0. The highest BCUT2D eigenvalue weighted by Crippen LogP contribution is 2.20. The SMILES string of the molecule is O=C(NCCCc1ccc(N2CCCCCC2)cc1)c1cc2ccccc2oc1=O. The molecular weight excluding hydrogens is 376 g/mol. The molecule has 0 bridgehead atoms. The molecule has 2 aromatic carbocycles. The standard InChI is InChI=1S/C25H28N2O3/c28-24(22-18-20-9-3-4-10-23(20)30-25(22)29)26-15-7-8-19-11-13-21(14-12-19)27-16-5-1-2-6-17-27/h3-4,9-14,18H,1-2,5-8,15-17H2,(H,26,28). The summed E-state index contributed by atoms with van der Waals surface area (Å²) in [5.74, 6) is -0.383. The molecule has 4 rings (SSSR count). The third-order valence-electron chi connectivity index (χ3n) is 5.72. The second kappa shape index (κ2) is 9.61. The molecule has 1 aliphatic rings. The Morgan fingerprint density at radius 1 is 0.967 bits per heavy atom. The van der Waals surface area contributed by atoms with E-state index in [1.54, 1.807) is 18.2 Å². The first-order valence-corrected chi connectivity index (χ1v) is 10.9. The van der Waals surface area contributed by atoms with Gasteiger partial charge in [-0.3, -0.25) is 4.79 Å². The van der Waals surface area contributed by atoms with Crippen LogP contribution in [0.3, 0.4) is 0 Å². The van der Waals surface area contributed by atoms with E-state index in [-0.39, 0.29) is 11.5 Å². The van der Waals surface area contributed by atoms with Gasteiger partial charge in [0, 0.05) is 30.7 Å². The third kappa shape index (κ3) is 4.90. The first-order valence-electron chi connectivity index (χ1n) is 10.9. The number of hydrogen-bond acceptors (Lipinski definition) is 4. The van der Waals surface area contributed by atoms with Crippen LogP contribution in [-0.2, 0) is 6.42 Å². The lowest BCUT2D eigenvalue weighted by molar-refractivity contribution is 0.0949. The molecule has 30 heavy (non-hydrogen) atoms. The Labute approximate surface area is 176 Å². The fourth-order valence-electron chi connectivity index (χ4n) is 4.01. The number of para-hydroxylation sites is 1. The normalized spacial score (nSPS) is 14.5. The number of nitrogens with zero attached hydrogens (tertiary/aromatic N) is 1. The van der Waals surface area contributed by atoms with Crippen molar-refractivity contribution in [3.63, 3.8) is 0 Å². The van der Waals surface area contributed by atoms with Gasteiger partial charge in [-0.05, 0) is 55.5 Å². The van der Waals surface area contributed by atoms with Gasteiger partial charge in [0.1, 0.15) is 11.1 Å². The molecular formula is C25H28N2O3. The average Bonchev–Trinajstić information content (AvgIpc) is 3.06. The van der Waals surface area contributed by atoms with E-state index >= 15 is 0 Å². The summed E-state index contributed by atoms with van der Waals surface area (Å²) in [6, 6.07) is 17.6. The number of carbonyl (C=O) groups excluding carboxylic acids is 1. The topological polar surface area (TPSA) is 62.6 Å². The van der Waals surface area contributed by atoms with Gasteiger partial charge in [-0.2, -0.15) is 0 Å². The van der Waals surface area contributed by atoms with E-state index in [9.17, 15) is 9.59 Å². The molecule has 0 saturated carbocycles. The van der Waals surface area contributed by atoms with E-state index in [4.69, 9.17) is 4.42 Å². The Hall–Kier alpha value is -3.08.